The third kappa shape index (κ3) is 4.48. The van der Waals surface area contributed by atoms with E-state index in [9.17, 15) is 8.78 Å². The molecule has 1 aromatic carbocycles. The summed E-state index contributed by atoms with van der Waals surface area (Å²) in [6.45, 7) is 3.99. The summed E-state index contributed by atoms with van der Waals surface area (Å²) in [5.41, 5.74) is 1.23. The van der Waals surface area contributed by atoms with Crippen LogP contribution >= 0.6 is 11.6 Å². The van der Waals surface area contributed by atoms with Crippen LogP contribution in [0, 0.1) is 11.6 Å². The van der Waals surface area contributed by atoms with Crippen LogP contribution in [0.1, 0.15) is 31.1 Å². The van der Waals surface area contributed by atoms with Crippen molar-refractivity contribution >= 4 is 11.6 Å². The lowest BCUT2D eigenvalue weighted by atomic mass is 10.0. The maximum atomic E-state index is 13.9. The maximum absolute atomic E-state index is 13.9. The molecule has 2 rings (SSSR count). The molecule has 0 spiro atoms. The highest BCUT2D eigenvalue weighted by molar-refractivity contribution is 6.30. The number of rotatable bonds is 5. The monoisotopic (exact) mass is 310 g/mol. The summed E-state index contributed by atoms with van der Waals surface area (Å²) >= 11 is 5.76. The van der Waals surface area contributed by atoms with Gasteiger partial charge in [-0.25, -0.2) is 8.78 Å². The van der Waals surface area contributed by atoms with E-state index in [1.165, 1.54) is 18.3 Å². The lowest BCUT2D eigenvalue weighted by Crippen LogP contribution is -2.30. The Labute approximate surface area is 128 Å². The summed E-state index contributed by atoms with van der Waals surface area (Å²) in [7, 11) is 0. The zero-order valence-electron chi connectivity index (χ0n) is 11.9. The normalized spacial score (nSPS) is 12.7. The smallest absolute Gasteiger partial charge is 0.141 e. The molecular weight excluding hydrogens is 294 g/mol. The molecule has 1 unspecified atom stereocenters. The minimum Gasteiger partial charge on any atom is -0.306 e. The molecule has 0 radical (unpaired) electrons. The number of hydrogen-bond donors (Lipinski definition) is 1. The summed E-state index contributed by atoms with van der Waals surface area (Å²) in [6.07, 6.45) is 1.59. The van der Waals surface area contributed by atoms with E-state index in [4.69, 9.17) is 11.6 Å². The minimum atomic E-state index is -0.389. The van der Waals surface area contributed by atoms with Crippen LogP contribution in [-0.2, 0) is 6.42 Å². The second kappa shape index (κ2) is 6.96. The van der Waals surface area contributed by atoms with E-state index in [0.717, 1.165) is 0 Å². The van der Waals surface area contributed by atoms with Crippen molar-refractivity contribution in [1.82, 2.24) is 10.3 Å². The molecule has 5 heteroatoms. The number of halogens is 3. The summed E-state index contributed by atoms with van der Waals surface area (Å²) in [6, 6.07) is 7.58. The highest BCUT2D eigenvalue weighted by Crippen LogP contribution is 2.22. The van der Waals surface area contributed by atoms with Crippen LogP contribution in [0.15, 0.2) is 36.5 Å². The number of nitrogens with one attached hydrogen (secondary N) is 1. The Balaban J connectivity index is 2.25. The summed E-state index contributed by atoms with van der Waals surface area (Å²) in [5, 5.41) is 3.69. The van der Waals surface area contributed by atoms with Crippen molar-refractivity contribution < 1.29 is 8.78 Å². The topological polar surface area (TPSA) is 24.9 Å². The Morgan fingerprint density at radius 2 is 1.95 bits per heavy atom. The summed E-state index contributed by atoms with van der Waals surface area (Å²) in [5.74, 6) is -0.736. The zero-order valence-corrected chi connectivity index (χ0v) is 12.7. The van der Waals surface area contributed by atoms with Gasteiger partial charge in [0, 0.05) is 11.1 Å². The highest BCUT2D eigenvalue weighted by atomic mass is 35.5. The van der Waals surface area contributed by atoms with Crippen LogP contribution in [-0.4, -0.2) is 11.0 Å². The molecule has 0 aliphatic rings. The van der Waals surface area contributed by atoms with Gasteiger partial charge in [0.15, 0.2) is 0 Å². The standard InChI is InChI=1S/C16H17ClF2N2/c1-10(2)21-16(15-6-5-13(18)9-20-15)7-11-3-4-12(17)8-14(11)19/h3-6,8-10,16,21H,7H2,1-2H3. The van der Waals surface area contributed by atoms with Crippen molar-refractivity contribution in [3.8, 4) is 0 Å². The number of hydrogen-bond acceptors (Lipinski definition) is 2. The lowest BCUT2D eigenvalue weighted by Gasteiger charge is -2.21. The first kappa shape index (κ1) is 15.9. The largest absolute Gasteiger partial charge is 0.306 e. The van der Waals surface area contributed by atoms with Crippen molar-refractivity contribution in [2.24, 2.45) is 0 Å². The first-order valence-corrected chi connectivity index (χ1v) is 7.15. The van der Waals surface area contributed by atoms with E-state index in [0.29, 0.717) is 22.7 Å². The number of benzene rings is 1. The summed E-state index contributed by atoms with van der Waals surface area (Å²) in [4.78, 5) is 4.09. The van der Waals surface area contributed by atoms with E-state index >= 15 is 0 Å². The molecule has 2 aromatic rings. The molecule has 21 heavy (non-hydrogen) atoms. The van der Waals surface area contributed by atoms with Gasteiger partial charge >= 0.3 is 0 Å². The Kier molecular flexibility index (Phi) is 5.26. The molecule has 1 N–H and O–H groups in total. The average Bonchev–Trinajstić information content (AvgIpc) is 2.41. The van der Waals surface area contributed by atoms with Gasteiger partial charge in [0.05, 0.1) is 17.9 Å². The zero-order chi connectivity index (χ0) is 15.4. The van der Waals surface area contributed by atoms with Crippen molar-refractivity contribution in [3.05, 3.63) is 64.4 Å². The van der Waals surface area contributed by atoms with Gasteiger partial charge in [-0.2, -0.15) is 0 Å². The van der Waals surface area contributed by atoms with Crippen LogP contribution in [0.3, 0.4) is 0 Å². The van der Waals surface area contributed by atoms with Crippen molar-refractivity contribution in [1.29, 1.82) is 0 Å². The average molecular weight is 311 g/mol. The molecule has 0 amide bonds. The van der Waals surface area contributed by atoms with Gasteiger partial charge in [-0.3, -0.25) is 4.98 Å². The second-order valence-electron chi connectivity index (χ2n) is 5.22. The first-order valence-electron chi connectivity index (χ1n) is 6.77. The molecule has 0 aliphatic heterocycles. The van der Waals surface area contributed by atoms with Crippen LogP contribution < -0.4 is 5.32 Å². The van der Waals surface area contributed by atoms with Crippen LogP contribution in [0.2, 0.25) is 5.02 Å². The SMILES string of the molecule is CC(C)NC(Cc1ccc(Cl)cc1F)c1ccc(F)cn1. The predicted molar refractivity (Wildman–Crippen MR) is 80.3 cm³/mol. The van der Waals surface area contributed by atoms with Crippen LogP contribution in [0.4, 0.5) is 8.78 Å². The fourth-order valence-electron chi connectivity index (χ4n) is 2.15. The van der Waals surface area contributed by atoms with Crippen molar-refractivity contribution in [3.63, 3.8) is 0 Å². The number of aromatic nitrogens is 1. The fourth-order valence-corrected chi connectivity index (χ4v) is 2.31. The van der Waals surface area contributed by atoms with Gasteiger partial charge in [-0.1, -0.05) is 31.5 Å². The Morgan fingerprint density at radius 1 is 1.19 bits per heavy atom. The van der Waals surface area contributed by atoms with Gasteiger partial charge in [-0.05, 0) is 36.2 Å². The quantitative estimate of drug-likeness (QED) is 0.891. The number of nitrogens with zero attached hydrogens (tertiary/aromatic N) is 1. The van der Waals surface area contributed by atoms with Crippen molar-refractivity contribution in [2.45, 2.75) is 32.4 Å². The molecule has 0 saturated carbocycles. The van der Waals surface area contributed by atoms with Gasteiger partial charge < -0.3 is 5.32 Å². The molecule has 0 saturated heterocycles. The van der Waals surface area contributed by atoms with Gasteiger partial charge in [0.1, 0.15) is 11.6 Å². The van der Waals surface area contributed by atoms with Crippen molar-refractivity contribution in [2.75, 3.05) is 0 Å². The van der Waals surface area contributed by atoms with Gasteiger partial charge in [0.2, 0.25) is 0 Å². The Hall–Kier alpha value is -1.52. The lowest BCUT2D eigenvalue weighted by molar-refractivity contribution is 0.457. The maximum Gasteiger partial charge on any atom is 0.141 e. The third-order valence-electron chi connectivity index (χ3n) is 3.08. The second-order valence-corrected chi connectivity index (χ2v) is 5.65. The molecule has 112 valence electrons. The molecule has 0 bridgehead atoms. The van der Waals surface area contributed by atoms with E-state index in [2.05, 4.69) is 10.3 Å². The fraction of sp³-hybridized carbons (Fsp3) is 0.312. The van der Waals surface area contributed by atoms with Crippen LogP contribution in [0.25, 0.3) is 0 Å². The Morgan fingerprint density at radius 3 is 2.52 bits per heavy atom. The highest BCUT2D eigenvalue weighted by Gasteiger charge is 2.17. The third-order valence-corrected chi connectivity index (χ3v) is 3.32. The van der Waals surface area contributed by atoms with Gasteiger partial charge in [0.25, 0.3) is 0 Å². The molecule has 0 fully saturated rings. The van der Waals surface area contributed by atoms with E-state index in [1.54, 1.807) is 18.2 Å². The first-order chi connectivity index (χ1) is 9.95. The number of pyridine rings is 1. The molecule has 0 aliphatic carbocycles. The van der Waals surface area contributed by atoms with E-state index < -0.39 is 0 Å². The van der Waals surface area contributed by atoms with E-state index in [1.807, 2.05) is 13.8 Å². The predicted octanol–water partition coefficient (Wildman–Crippen LogP) is 4.30. The van der Waals surface area contributed by atoms with E-state index in [-0.39, 0.29) is 23.7 Å². The molecule has 1 heterocycles. The Bertz CT molecular complexity index is 600. The van der Waals surface area contributed by atoms with Crippen LogP contribution in [0.5, 0.6) is 0 Å². The van der Waals surface area contributed by atoms with Gasteiger partial charge in [-0.15, -0.1) is 0 Å². The summed E-state index contributed by atoms with van der Waals surface area (Å²) < 4.78 is 26.9. The molecule has 2 nitrogen and oxygen atoms in total. The molecule has 1 atom stereocenters. The molecular formula is C16H17ClF2N2. The minimum absolute atomic E-state index is 0.192. The molecule has 1 aromatic heterocycles.